The first kappa shape index (κ1) is 19.5. The van der Waals surface area contributed by atoms with Gasteiger partial charge in [0, 0.05) is 35.8 Å². The van der Waals surface area contributed by atoms with Crippen molar-refractivity contribution in [2.24, 2.45) is 0 Å². The number of fused-ring (bicyclic) bond motifs is 1. The van der Waals surface area contributed by atoms with E-state index in [1.165, 1.54) is 16.2 Å². The number of pyridine rings is 1. The molecule has 2 aliphatic heterocycles. The largest absolute Gasteiger partial charge is 0.507 e. The molecule has 1 amide bonds. The molecule has 31 heavy (non-hydrogen) atoms. The average Bonchev–Trinajstić information content (AvgIpc) is 3.48. The van der Waals surface area contributed by atoms with Crippen LogP contribution >= 0.6 is 11.3 Å². The molecule has 4 heterocycles. The Hall–Kier alpha value is -3.45. The SMILES string of the molecule is CC1Cc2cc(/C(O)=C3\C(=O)C(=O)N(Cc4cccnc4)C3c3cccs3)ccc2O1. The first-order valence-corrected chi connectivity index (χ1v) is 10.9. The lowest BCUT2D eigenvalue weighted by atomic mass is 9.98. The molecule has 1 N–H and O–H groups in total. The van der Waals surface area contributed by atoms with Crippen LogP contribution in [-0.4, -0.2) is 32.8 Å². The van der Waals surface area contributed by atoms with E-state index in [2.05, 4.69) is 4.98 Å². The number of aliphatic hydroxyl groups is 1. The van der Waals surface area contributed by atoms with Crippen LogP contribution < -0.4 is 4.74 Å². The van der Waals surface area contributed by atoms with Gasteiger partial charge in [-0.3, -0.25) is 14.6 Å². The van der Waals surface area contributed by atoms with E-state index >= 15 is 0 Å². The summed E-state index contributed by atoms with van der Waals surface area (Å²) in [5, 5.41) is 13.1. The molecule has 2 aromatic heterocycles. The molecule has 0 radical (unpaired) electrons. The third kappa shape index (κ3) is 3.41. The number of carbonyl (C=O) groups is 2. The number of ketones is 1. The maximum absolute atomic E-state index is 13.1. The second-order valence-corrected chi connectivity index (χ2v) is 8.74. The Morgan fingerprint density at radius 2 is 2.13 bits per heavy atom. The number of aromatic nitrogens is 1. The molecule has 7 heteroatoms. The number of aliphatic hydroxyl groups excluding tert-OH is 1. The predicted octanol–water partition coefficient (Wildman–Crippen LogP) is 4.09. The van der Waals surface area contributed by atoms with Crippen LogP contribution in [0, 0.1) is 0 Å². The highest BCUT2D eigenvalue weighted by molar-refractivity contribution is 7.10. The summed E-state index contributed by atoms with van der Waals surface area (Å²) in [5.74, 6) is -0.671. The summed E-state index contributed by atoms with van der Waals surface area (Å²) in [7, 11) is 0. The quantitative estimate of drug-likeness (QED) is 0.382. The fourth-order valence-corrected chi connectivity index (χ4v) is 5.04. The van der Waals surface area contributed by atoms with Gasteiger partial charge in [-0.2, -0.15) is 0 Å². The topological polar surface area (TPSA) is 79.7 Å². The van der Waals surface area contributed by atoms with Gasteiger partial charge < -0.3 is 14.7 Å². The van der Waals surface area contributed by atoms with Crippen LogP contribution in [0.25, 0.3) is 5.76 Å². The smallest absolute Gasteiger partial charge is 0.295 e. The molecular formula is C24H20N2O4S. The Bertz CT molecular complexity index is 1190. The van der Waals surface area contributed by atoms with Crippen molar-refractivity contribution in [2.75, 3.05) is 0 Å². The molecule has 0 spiro atoms. The number of amides is 1. The van der Waals surface area contributed by atoms with Gasteiger partial charge in [0.25, 0.3) is 11.7 Å². The Kier molecular flexibility index (Phi) is 4.82. The first-order valence-electron chi connectivity index (χ1n) is 10.0. The van der Waals surface area contributed by atoms with Crippen LogP contribution in [0.3, 0.4) is 0 Å². The maximum Gasteiger partial charge on any atom is 0.295 e. The summed E-state index contributed by atoms with van der Waals surface area (Å²) in [6.07, 6.45) is 4.14. The zero-order chi connectivity index (χ0) is 21.5. The van der Waals surface area contributed by atoms with Gasteiger partial charge >= 0.3 is 0 Å². The summed E-state index contributed by atoms with van der Waals surface area (Å²) in [6.45, 7) is 2.22. The minimum atomic E-state index is -0.676. The van der Waals surface area contributed by atoms with Gasteiger partial charge in [-0.05, 0) is 53.8 Å². The molecule has 6 nitrogen and oxygen atoms in total. The van der Waals surface area contributed by atoms with E-state index < -0.39 is 17.7 Å². The van der Waals surface area contributed by atoms with Crippen molar-refractivity contribution < 1.29 is 19.4 Å². The summed E-state index contributed by atoms with van der Waals surface area (Å²) < 4.78 is 5.74. The fourth-order valence-electron chi connectivity index (χ4n) is 4.20. The fraction of sp³-hybridized carbons (Fsp3) is 0.208. The Morgan fingerprint density at radius 3 is 2.87 bits per heavy atom. The van der Waals surface area contributed by atoms with Gasteiger partial charge in [-0.1, -0.05) is 12.1 Å². The molecule has 1 aromatic carbocycles. The summed E-state index contributed by atoms with van der Waals surface area (Å²) in [6, 6.07) is 12.1. The number of benzene rings is 1. The predicted molar refractivity (Wildman–Crippen MR) is 117 cm³/mol. The maximum atomic E-state index is 13.1. The molecule has 0 bridgehead atoms. The van der Waals surface area contributed by atoms with Gasteiger partial charge in [-0.15, -0.1) is 11.3 Å². The molecule has 1 saturated heterocycles. The number of hydrogen-bond donors (Lipinski definition) is 1. The van der Waals surface area contributed by atoms with Crippen molar-refractivity contribution >= 4 is 28.8 Å². The van der Waals surface area contributed by atoms with Crippen molar-refractivity contribution in [3.8, 4) is 5.75 Å². The molecule has 1 fully saturated rings. The Balaban J connectivity index is 1.60. The van der Waals surface area contributed by atoms with E-state index in [1.54, 1.807) is 30.6 Å². The minimum absolute atomic E-state index is 0.0728. The third-order valence-corrected chi connectivity index (χ3v) is 6.52. The molecule has 0 saturated carbocycles. The number of ether oxygens (including phenoxy) is 1. The summed E-state index contributed by atoms with van der Waals surface area (Å²) >= 11 is 1.45. The zero-order valence-corrected chi connectivity index (χ0v) is 17.6. The monoisotopic (exact) mass is 432 g/mol. The highest BCUT2D eigenvalue weighted by atomic mass is 32.1. The van der Waals surface area contributed by atoms with E-state index in [1.807, 2.05) is 36.6 Å². The van der Waals surface area contributed by atoms with Gasteiger partial charge in [0.1, 0.15) is 17.6 Å². The van der Waals surface area contributed by atoms with E-state index in [0.29, 0.717) is 5.56 Å². The van der Waals surface area contributed by atoms with Crippen molar-refractivity contribution in [3.63, 3.8) is 0 Å². The van der Waals surface area contributed by atoms with Crippen molar-refractivity contribution in [3.05, 3.63) is 87.4 Å². The third-order valence-electron chi connectivity index (χ3n) is 5.60. The normalized spacial score (nSPS) is 21.9. The van der Waals surface area contributed by atoms with E-state index in [9.17, 15) is 14.7 Å². The second-order valence-electron chi connectivity index (χ2n) is 7.76. The lowest BCUT2D eigenvalue weighted by Crippen LogP contribution is -2.28. The molecule has 156 valence electrons. The van der Waals surface area contributed by atoms with Crippen LogP contribution in [-0.2, 0) is 22.6 Å². The lowest BCUT2D eigenvalue weighted by molar-refractivity contribution is -0.140. The highest BCUT2D eigenvalue weighted by Crippen LogP contribution is 2.42. The van der Waals surface area contributed by atoms with E-state index in [0.717, 1.165) is 28.2 Å². The molecule has 5 rings (SSSR count). The summed E-state index contributed by atoms with van der Waals surface area (Å²) in [5.41, 5.74) is 2.42. The van der Waals surface area contributed by atoms with Crippen molar-refractivity contribution in [1.29, 1.82) is 0 Å². The van der Waals surface area contributed by atoms with E-state index in [4.69, 9.17) is 4.74 Å². The number of rotatable bonds is 4. The van der Waals surface area contributed by atoms with Crippen molar-refractivity contribution in [2.45, 2.75) is 32.0 Å². The Morgan fingerprint density at radius 1 is 1.26 bits per heavy atom. The molecule has 0 aliphatic carbocycles. The van der Waals surface area contributed by atoms with Gasteiger partial charge in [0.05, 0.1) is 11.6 Å². The highest BCUT2D eigenvalue weighted by Gasteiger charge is 2.46. The Labute approximate surface area is 183 Å². The molecule has 2 aliphatic rings. The number of Topliss-reactive ketones (excluding diaryl/α,β-unsaturated/α-hetero) is 1. The molecule has 2 atom stereocenters. The standard InChI is InChI=1S/C24H20N2O4S/c1-14-10-17-11-16(6-7-18(17)30-14)22(27)20-21(19-5-3-9-31-19)26(24(29)23(20)28)13-15-4-2-8-25-12-15/h2-9,11-12,14,21,27H,10,13H2,1H3/b22-20+. The van der Waals surface area contributed by atoms with Crippen LogP contribution in [0.4, 0.5) is 0 Å². The number of likely N-dealkylation sites (tertiary alicyclic amines) is 1. The van der Waals surface area contributed by atoms with Gasteiger partial charge in [-0.25, -0.2) is 0 Å². The number of hydrogen-bond acceptors (Lipinski definition) is 6. The van der Waals surface area contributed by atoms with E-state index in [-0.39, 0.29) is 24.0 Å². The number of carbonyl (C=O) groups excluding carboxylic acids is 2. The van der Waals surface area contributed by atoms with Crippen LogP contribution in [0.1, 0.15) is 34.5 Å². The van der Waals surface area contributed by atoms with Gasteiger partial charge in [0.15, 0.2) is 0 Å². The molecule has 2 unspecified atom stereocenters. The van der Waals surface area contributed by atoms with Gasteiger partial charge in [0.2, 0.25) is 0 Å². The average molecular weight is 433 g/mol. The van der Waals surface area contributed by atoms with Crippen molar-refractivity contribution in [1.82, 2.24) is 9.88 Å². The lowest BCUT2D eigenvalue weighted by Gasteiger charge is -2.24. The summed E-state index contributed by atoms with van der Waals surface area (Å²) in [4.78, 5) is 32.5. The zero-order valence-electron chi connectivity index (χ0n) is 16.8. The minimum Gasteiger partial charge on any atom is -0.507 e. The van der Waals surface area contributed by atoms with Crippen LogP contribution in [0.15, 0.2) is 65.8 Å². The first-order chi connectivity index (χ1) is 15.0. The second kappa shape index (κ2) is 7.67. The molecular weight excluding hydrogens is 412 g/mol. The number of thiophene rings is 1. The molecule has 3 aromatic rings. The van der Waals surface area contributed by atoms with Crippen LogP contribution in [0.5, 0.6) is 5.75 Å². The van der Waals surface area contributed by atoms with Crippen LogP contribution in [0.2, 0.25) is 0 Å². The number of nitrogens with zero attached hydrogens (tertiary/aromatic N) is 2.